The zero-order valence-corrected chi connectivity index (χ0v) is 18.7. The van der Waals surface area contributed by atoms with E-state index in [9.17, 15) is 14.7 Å². The second-order valence-corrected chi connectivity index (χ2v) is 8.59. The van der Waals surface area contributed by atoms with Crippen molar-refractivity contribution in [2.75, 3.05) is 0 Å². The number of hydrogen-bond donors (Lipinski definition) is 2. The molecule has 5 nitrogen and oxygen atoms in total. The lowest BCUT2D eigenvalue weighted by molar-refractivity contribution is 0.0451. The van der Waals surface area contributed by atoms with Gasteiger partial charge in [0.1, 0.15) is 11.3 Å². The van der Waals surface area contributed by atoms with Crippen molar-refractivity contribution in [2.24, 2.45) is 0 Å². The minimum Gasteiger partial charge on any atom is -0.378 e. The Balaban J connectivity index is 1.49. The molecule has 1 fully saturated rings. The van der Waals surface area contributed by atoms with Crippen LogP contribution in [-0.2, 0) is 0 Å². The van der Waals surface area contributed by atoms with E-state index in [1.165, 1.54) is 6.20 Å². The Kier molecular flexibility index (Phi) is 6.88. The number of halogens is 1. The van der Waals surface area contributed by atoms with Crippen molar-refractivity contribution in [1.29, 1.82) is 0 Å². The van der Waals surface area contributed by atoms with E-state index in [-0.39, 0.29) is 23.1 Å². The normalized spacial score (nSPS) is 19.8. The summed E-state index contributed by atoms with van der Waals surface area (Å²) in [5, 5.41) is 14.5. The van der Waals surface area contributed by atoms with Crippen LogP contribution < -0.4 is 5.32 Å². The number of carbonyl (C=O) groups is 2. The van der Waals surface area contributed by atoms with Gasteiger partial charge in [0.05, 0.1) is 5.56 Å². The molecule has 2 N–H and O–H groups in total. The molecule has 2 atom stereocenters. The van der Waals surface area contributed by atoms with Gasteiger partial charge in [0, 0.05) is 34.8 Å². The van der Waals surface area contributed by atoms with Gasteiger partial charge in [-0.25, -0.2) is 0 Å². The monoisotopic (exact) mass is 458 g/mol. The third-order valence-electron chi connectivity index (χ3n) is 5.63. The molecule has 33 heavy (non-hydrogen) atoms. The lowest BCUT2D eigenvalue weighted by Crippen LogP contribution is -2.45. The van der Waals surface area contributed by atoms with Gasteiger partial charge in [-0.1, -0.05) is 59.8 Å². The molecule has 0 aliphatic heterocycles. The average molecular weight is 459 g/mol. The highest BCUT2D eigenvalue weighted by Crippen LogP contribution is 2.28. The van der Waals surface area contributed by atoms with Crippen LogP contribution in [-0.4, -0.2) is 33.4 Å². The molecule has 1 aliphatic carbocycles. The van der Waals surface area contributed by atoms with Crippen LogP contribution in [0.1, 0.15) is 57.7 Å². The number of carbonyl (C=O) groups excluding carboxylic acids is 2. The molecule has 1 aliphatic rings. The van der Waals surface area contributed by atoms with Crippen molar-refractivity contribution in [3.8, 4) is 11.8 Å². The first-order chi connectivity index (χ1) is 15.9. The summed E-state index contributed by atoms with van der Waals surface area (Å²) in [6, 6.07) is 18.9. The summed E-state index contributed by atoms with van der Waals surface area (Å²) in [5.41, 5.74) is 0.312. The van der Waals surface area contributed by atoms with E-state index in [1.54, 1.807) is 48.5 Å². The molecule has 2 aromatic carbocycles. The van der Waals surface area contributed by atoms with Gasteiger partial charge < -0.3 is 10.4 Å². The predicted molar refractivity (Wildman–Crippen MR) is 127 cm³/mol. The van der Waals surface area contributed by atoms with Gasteiger partial charge in [-0.15, -0.1) is 0 Å². The van der Waals surface area contributed by atoms with Crippen LogP contribution in [0.5, 0.6) is 0 Å². The second-order valence-electron chi connectivity index (χ2n) is 8.15. The average Bonchev–Trinajstić information content (AvgIpc) is 2.83. The first-order valence-corrected chi connectivity index (χ1v) is 11.2. The second kappa shape index (κ2) is 9.99. The lowest BCUT2D eigenvalue weighted by Gasteiger charge is -2.33. The molecule has 1 amide bonds. The Labute approximate surface area is 197 Å². The molecule has 3 aromatic rings. The summed E-state index contributed by atoms with van der Waals surface area (Å²) in [6.07, 6.45) is 3.73. The van der Waals surface area contributed by atoms with Crippen molar-refractivity contribution in [2.45, 2.75) is 37.3 Å². The number of aliphatic hydroxyl groups is 1. The Morgan fingerprint density at radius 1 is 1.09 bits per heavy atom. The number of hydrogen-bond acceptors (Lipinski definition) is 4. The van der Waals surface area contributed by atoms with Gasteiger partial charge >= 0.3 is 0 Å². The van der Waals surface area contributed by atoms with E-state index >= 15 is 0 Å². The summed E-state index contributed by atoms with van der Waals surface area (Å²) in [5.74, 6) is 5.25. The molecule has 6 heteroatoms. The Bertz CT molecular complexity index is 1230. The molecular weight excluding hydrogens is 436 g/mol. The van der Waals surface area contributed by atoms with Crippen LogP contribution in [0.25, 0.3) is 0 Å². The van der Waals surface area contributed by atoms with Gasteiger partial charge in [0.2, 0.25) is 0 Å². The largest absolute Gasteiger partial charge is 0.378 e. The number of nitrogens with one attached hydrogen (secondary N) is 1. The predicted octanol–water partition coefficient (Wildman–Crippen LogP) is 4.42. The quantitative estimate of drug-likeness (QED) is 0.448. The van der Waals surface area contributed by atoms with Gasteiger partial charge in [0.15, 0.2) is 5.78 Å². The first kappa shape index (κ1) is 22.7. The van der Waals surface area contributed by atoms with Crippen LogP contribution in [0.3, 0.4) is 0 Å². The molecule has 1 saturated carbocycles. The minimum absolute atomic E-state index is 0.0745. The number of benzene rings is 2. The topological polar surface area (TPSA) is 79.3 Å². The summed E-state index contributed by atoms with van der Waals surface area (Å²) < 4.78 is 0. The smallest absolute Gasteiger partial charge is 0.270 e. The van der Waals surface area contributed by atoms with Gasteiger partial charge in [0.25, 0.3) is 5.91 Å². The molecule has 1 aromatic heterocycles. The number of ketones is 1. The molecule has 1 heterocycles. The maximum Gasteiger partial charge on any atom is 0.270 e. The lowest BCUT2D eigenvalue weighted by atomic mass is 9.82. The third kappa shape index (κ3) is 5.67. The minimum atomic E-state index is -1.22. The van der Waals surface area contributed by atoms with Crippen molar-refractivity contribution < 1.29 is 14.7 Å². The standard InChI is InChI=1S/C27H23ClN2O3/c28-21-10-4-7-19(17-21)13-15-27(33)14-5-11-22(18-27)30-26(32)24-23(12-6-16-29-24)25(31)20-8-2-1-3-9-20/h1-4,6-10,12,16-17,22,33H,5,11,14,18H2,(H,30,32)/t22-,27+/m0/s1. The summed E-state index contributed by atoms with van der Waals surface area (Å²) in [7, 11) is 0. The Hall–Kier alpha value is -3.46. The summed E-state index contributed by atoms with van der Waals surface area (Å²) >= 11 is 6.01. The molecule has 4 rings (SSSR count). The van der Waals surface area contributed by atoms with Crippen molar-refractivity contribution in [1.82, 2.24) is 10.3 Å². The van der Waals surface area contributed by atoms with E-state index in [1.807, 2.05) is 18.2 Å². The maximum atomic E-state index is 13.0. The fourth-order valence-electron chi connectivity index (χ4n) is 4.01. The summed E-state index contributed by atoms with van der Waals surface area (Å²) in [4.78, 5) is 30.1. The zero-order valence-electron chi connectivity index (χ0n) is 17.9. The van der Waals surface area contributed by atoms with E-state index in [4.69, 9.17) is 11.6 Å². The van der Waals surface area contributed by atoms with E-state index in [2.05, 4.69) is 22.1 Å². The molecule has 0 unspecified atom stereocenters. The van der Waals surface area contributed by atoms with Crippen molar-refractivity contribution >= 4 is 23.3 Å². The Morgan fingerprint density at radius 2 is 1.91 bits per heavy atom. The fraction of sp³-hybridized carbons (Fsp3) is 0.222. The third-order valence-corrected chi connectivity index (χ3v) is 5.86. The molecular formula is C27H23ClN2O3. The van der Waals surface area contributed by atoms with Gasteiger partial charge in [-0.3, -0.25) is 14.6 Å². The van der Waals surface area contributed by atoms with E-state index in [0.717, 1.165) is 5.56 Å². The van der Waals surface area contributed by atoms with Crippen LogP contribution in [0.2, 0.25) is 5.02 Å². The molecule has 166 valence electrons. The maximum absolute atomic E-state index is 13.0. The van der Waals surface area contributed by atoms with Crippen LogP contribution in [0, 0.1) is 11.8 Å². The number of rotatable bonds is 4. The van der Waals surface area contributed by atoms with Crippen molar-refractivity contribution in [3.63, 3.8) is 0 Å². The van der Waals surface area contributed by atoms with E-state index in [0.29, 0.717) is 36.3 Å². The number of amides is 1. The van der Waals surface area contributed by atoms with Crippen LogP contribution in [0.4, 0.5) is 0 Å². The number of aromatic nitrogens is 1. The first-order valence-electron chi connectivity index (χ1n) is 10.8. The zero-order chi connectivity index (χ0) is 23.3. The molecule has 0 saturated heterocycles. The number of nitrogens with zero attached hydrogens (tertiary/aromatic N) is 1. The number of pyridine rings is 1. The van der Waals surface area contributed by atoms with Crippen LogP contribution >= 0.6 is 11.6 Å². The molecule has 0 spiro atoms. The van der Waals surface area contributed by atoms with Gasteiger partial charge in [-0.05, 0) is 49.6 Å². The highest BCUT2D eigenvalue weighted by molar-refractivity contribution is 6.30. The van der Waals surface area contributed by atoms with Gasteiger partial charge in [-0.2, -0.15) is 0 Å². The molecule has 0 radical (unpaired) electrons. The Morgan fingerprint density at radius 3 is 2.70 bits per heavy atom. The highest BCUT2D eigenvalue weighted by atomic mass is 35.5. The summed E-state index contributed by atoms with van der Waals surface area (Å²) in [6.45, 7) is 0. The highest BCUT2D eigenvalue weighted by Gasteiger charge is 2.34. The SMILES string of the molecule is O=C(c1ccccc1)c1cccnc1C(=O)N[C@H]1CCC[C@@](O)(C#Cc2cccc(Cl)c2)C1. The molecule has 0 bridgehead atoms. The van der Waals surface area contributed by atoms with Crippen molar-refractivity contribution in [3.05, 3.63) is 100 Å². The van der Waals surface area contributed by atoms with E-state index < -0.39 is 11.5 Å². The fourth-order valence-corrected chi connectivity index (χ4v) is 4.20. The van der Waals surface area contributed by atoms with Crippen LogP contribution in [0.15, 0.2) is 72.9 Å².